The Kier molecular flexibility index (Phi) is 6.34. The molecule has 0 amide bonds. The third-order valence-electron chi connectivity index (χ3n) is 6.85. The van der Waals surface area contributed by atoms with Crippen LogP contribution in [0.4, 0.5) is 11.4 Å². The molecule has 0 bridgehead atoms. The van der Waals surface area contributed by atoms with Crippen LogP contribution in [0.15, 0.2) is 97.1 Å². The Bertz CT molecular complexity index is 1150. The fourth-order valence-electron chi connectivity index (χ4n) is 4.87. The monoisotopic (exact) mass is 466 g/mol. The van der Waals surface area contributed by atoms with Gasteiger partial charge in [0.2, 0.25) is 0 Å². The van der Waals surface area contributed by atoms with Crippen LogP contribution in [-0.4, -0.2) is 11.2 Å². The van der Waals surface area contributed by atoms with Crippen molar-refractivity contribution in [3.63, 3.8) is 0 Å². The minimum atomic E-state index is -0.246. The number of rotatable bonds is 6. The standard InChI is InChI=1S/C30H30N2O3/c31-23-5-13-28(14-6-23)34-26-9-1-21(2-10-26)30(19-17-25(33)18-20-30)22-3-11-27(12-4-22)35-29-15-7-24(32)8-16-29/h1-16,25,33H,17-20,31-32H2. The maximum atomic E-state index is 10.2. The number of aliphatic hydroxyl groups is 1. The van der Waals surface area contributed by atoms with Crippen molar-refractivity contribution in [2.45, 2.75) is 37.2 Å². The molecule has 5 N–H and O–H groups in total. The van der Waals surface area contributed by atoms with Crippen LogP contribution in [0, 0.1) is 0 Å². The third-order valence-corrected chi connectivity index (χ3v) is 6.85. The highest BCUT2D eigenvalue weighted by Gasteiger charge is 2.38. The Morgan fingerprint density at radius 2 is 0.857 bits per heavy atom. The molecule has 0 spiro atoms. The van der Waals surface area contributed by atoms with E-state index in [2.05, 4.69) is 24.3 Å². The maximum Gasteiger partial charge on any atom is 0.127 e. The van der Waals surface area contributed by atoms with Crippen LogP contribution in [0.25, 0.3) is 0 Å². The van der Waals surface area contributed by atoms with Gasteiger partial charge in [-0.2, -0.15) is 0 Å². The predicted molar refractivity (Wildman–Crippen MR) is 140 cm³/mol. The quantitative estimate of drug-likeness (QED) is 0.277. The normalized spacial score (nSPS) is 15.5. The van der Waals surface area contributed by atoms with E-state index >= 15 is 0 Å². The van der Waals surface area contributed by atoms with E-state index in [0.29, 0.717) is 11.4 Å². The Balaban J connectivity index is 1.39. The number of nitrogen functional groups attached to an aromatic ring is 2. The molecule has 1 saturated carbocycles. The lowest BCUT2D eigenvalue weighted by Crippen LogP contribution is -2.34. The summed E-state index contributed by atoms with van der Waals surface area (Å²) in [5.41, 5.74) is 15.2. The van der Waals surface area contributed by atoms with Crippen molar-refractivity contribution < 1.29 is 14.6 Å². The Hall–Kier alpha value is -3.96. The van der Waals surface area contributed by atoms with Crippen LogP contribution >= 0.6 is 0 Å². The molecule has 0 atom stereocenters. The van der Waals surface area contributed by atoms with E-state index in [1.807, 2.05) is 72.8 Å². The van der Waals surface area contributed by atoms with Crippen LogP contribution in [0.5, 0.6) is 23.0 Å². The van der Waals surface area contributed by atoms with E-state index < -0.39 is 0 Å². The Labute approximate surface area is 205 Å². The van der Waals surface area contributed by atoms with Gasteiger partial charge in [-0.1, -0.05) is 24.3 Å². The van der Waals surface area contributed by atoms with Gasteiger partial charge in [0.15, 0.2) is 0 Å². The topological polar surface area (TPSA) is 90.7 Å². The van der Waals surface area contributed by atoms with Crippen molar-refractivity contribution in [1.82, 2.24) is 0 Å². The molecular weight excluding hydrogens is 436 g/mol. The first-order valence-electron chi connectivity index (χ1n) is 12.0. The zero-order valence-electron chi connectivity index (χ0n) is 19.6. The highest BCUT2D eigenvalue weighted by molar-refractivity contribution is 5.47. The summed E-state index contributed by atoms with van der Waals surface area (Å²) in [5, 5.41) is 10.2. The van der Waals surface area contributed by atoms with Crippen LogP contribution in [-0.2, 0) is 5.41 Å². The van der Waals surface area contributed by atoms with Crippen LogP contribution in [0.3, 0.4) is 0 Å². The average molecular weight is 467 g/mol. The summed E-state index contributed by atoms with van der Waals surface area (Å²) in [6.07, 6.45) is 3.06. The summed E-state index contributed by atoms with van der Waals surface area (Å²) in [6.45, 7) is 0. The fraction of sp³-hybridized carbons (Fsp3) is 0.200. The van der Waals surface area contributed by atoms with Gasteiger partial charge in [0.25, 0.3) is 0 Å². The molecule has 5 heteroatoms. The number of benzene rings is 4. The minimum absolute atomic E-state index is 0.168. The summed E-state index contributed by atoms with van der Waals surface area (Å²) in [4.78, 5) is 0. The van der Waals surface area contributed by atoms with Crippen molar-refractivity contribution in [2.24, 2.45) is 0 Å². The van der Waals surface area contributed by atoms with Gasteiger partial charge in [-0.15, -0.1) is 0 Å². The molecule has 1 aliphatic carbocycles. The van der Waals surface area contributed by atoms with Crippen molar-refractivity contribution in [1.29, 1.82) is 0 Å². The second-order valence-electron chi connectivity index (χ2n) is 9.20. The summed E-state index contributed by atoms with van der Waals surface area (Å²) in [5.74, 6) is 3.05. The van der Waals surface area contributed by atoms with Crippen LogP contribution < -0.4 is 20.9 Å². The van der Waals surface area contributed by atoms with Gasteiger partial charge in [0, 0.05) is 16.8 Å². The molecule has 178 valence electrons. The molecule has 0 heterocycles. The molecule has 0 saturated heterocycles. The number of ether oxygens (including phenoxy) is 2. The van der Waals surface area contributed by atoms with Crippen molar-refractivity contribution >= 4 is 11.4 Å². The van der Waals surface area contributed by atoms with Crippen LogP contribution in [0.1, 0.15) is 36.8 Å². The first-order valence-corrected chi connectivity index (χ1v) is 12.0. The zero-order chi connectivity index (χ0) is 24.3. The molecule has 5 rings (SSSR count). The van der Waals surface area contributed by atoms with Crippen LogP contribution in [0.2, 0.25) is 0 Å². The Morgan fingerprint density at radius 1 is 0.543 bits per heavy atom. The first kappa shape index (κ1) is 22.8. The molecule has 0 aromatic heterocycles. The highest BCUT2D eigenvalue weighted by Crippen LogP contribution is 2.46. The van der Waals surface area contributed by atoms with Crippen molar-refractivity contribution in [3.05, 3.63) is 108 Å². The van der Waals surface area contributed by atoms with E-state index in [1.165, 1.54) is 11.1 Å². The lowest BCUT2D eigenvalue weighted by atomic mass is 9.65. The van der Waals surface area contributed by atoms with E-state index in [0.717, 1.165) is 48.7 Å². The van der Waals surface area contributed by atoms with E-state index in [1.54, 1.807) is 0 Å². The number of aliphatic hydroxyl groups excluding tert-OH is 1. The van der Waals surface area contributed by atoms with Gasteiger partial charge in [0.1, 0.15) is 23.0 Å². The molecule has 0 radical (unpaired) electrons. The smallest absolute Gasteiger partial charge is 0.127 e. The van der Waals surface area contributed by atoms with E-state index in [4.69, 9.17) is 20.9 Å². The van der Waals surface area contributed by atoms with Gasteiger partial charge < -0.3 is 26.0 Å². The number of anilines is 2. The summed E-state index contributed by atoms with van der Waals surface area (Å²) in [7, 11) is 0. The highest BCUT2D eigenvalue weighted by atomic mass is 16.5. The van der Waals surface area contributed by atoms with Crippen molar-refractivity contribution in [3.8, 4) is 23.0 Å². The number of nitrogens with two attached hydrogens (primary N) is 2. The van der Waals surface area contributed by atoms with E-state index in [9.17, 15) is 5.11 Å². The molecule has 0 unspecified atom stereocenters. The molecule has 1 fully saturated rings. The van der Waals surface area contributed by atoms with Crippen molar-refractivity contribution in [2.75, 3.05) is 11.5 Å². The zero-order valence-corrected chi connectivity index (χ0v) is 19.6. The summed E-state index contributed by atoms with van der Waals surface area (Å²) < 4.78 is 12.0. The fourth-order valence-corrected chi connectivity index (χ4v) is 4.87. The average Bonchev–Trinajstić information content (AvgIpc) is 2.89. The SMILES string of the molecule is Nc1ccc(Oc2ccc(C3(c4ccc(Oc5ccc(N)cc5)cc4)CCC(O)CC3)cc2)cc1. The molecule has 4 aromatic rings. The second-order valence-corrected chi connectivity index (χ2v) is 9.20. The summed E-state index contributed by atoms with van der Waals surface area (Å²) >= 11 is 0. The molecule has 0 aliphatic heterocycles. The second kappa shape index (κ2) is 9.72. The first-order chi connectivity index (χ1) is 17.0. The number of hydrogen-bond donors (Lipinski definition) is 3. The van der Waals surface area contributed by atoms with Gasteiger partial charge in [-0.3, -0.25) is 0 Å². The molecule has 35 heavy (non-hydrogen) atoms. The molecule has 4 aromatic carbocycles. The van der Waals surface area contributed by atoms with Gasteiger partial charge in [-0.25, -0.2) is 0 Å². The molecule has 5 nitrogen and oxygen atoms in total. The third kappa shape index (κ3) is 5.10. The largest absolute Gasteiger partial charge is 0.457 e. The molecular formula is C30H30N2O3. The lowest BCUT2D eigenvalue weighted by molar-refractivity contribution is 0.106. The van der Waals surface area contributed by atoms with E-state index in [-0.39, 0.29) is 11.5 Å². The van der Waals surface area contributed by atoms with Gasteiger partial charge >= 0.3 is 0 Å². The van der Waals surface area contributed by atoms with Gasteiger partial charge in [0.05, 0.1) is 6.10 Å². The Morgan fingerprint density at radius 3 is 1.20 bits per heavy atom. The minimum Gasteiger partial charge on any atom is -0.457 e. The molecule has 1 aliphatic rings. The predicted octanol–water partition coefficient (Wildman–Crippen LogP) is 6.66. The number of hydrogen-bond acceptors (Lipinski definition) is 5. The summed E-state index contributed by atoms with van der Waals surface area (Å²) in [6, 6.07) is 31.4. The van der Waals surface area contributed by atoms with Gasteiger partial charge in [-0.05, 0) is 110 Å². The lowest BCUT2D eigenvalue weighted by Gasteiger charge is -2.40. The maximum absolute atomic E-state index is 10.2.